The molecule has 1 aromatic carbocycles. The first-order chi connectivity index (χ1) is 10.6. The summed E-state index contributed by atoms with van der Waals surface area (Å²) in [4.78, 5) is 24.3. The fourth-order valence-corrected chi connectivity index (χ4v) is 3.09. The third-order valence-electron chi connectivity index (χ3n) is 4.15. The molecule has 2 aliphatic rings. The molecule has 0 unspecified atom stereocenters. The minimum Gasteiger partial charge on any atom is -0.492 e. The summed E-state index contributed by atoms with van der Waals surface area (Å²) in [5.74, 6) is 0.265. The average Bonchev–Trinajstić information content (AvgIpc) is 2.71. The van der Waals surface area contributed by atoms with Crippen molar-refractivity contribution in [2.45, 2.75) is 31.7 Å². The monoisotopic (exact) mass is 322 g/mol. The highest BCUT2D eigenvalue weighted by Crippen LogP contribution is 2.29. The van der Waals surface area contributed by atoms with Crippen LogP contribution in [0.25, 0.3) is 0 Å². The maximum atomic E-state index is 12.4. The second kappa shape index (κ2) is 6.57. The Hall–Kier alpha value is -1.75. The Labute approximate surface area is 134 Å². The van der Waals surface area contributed by atoms with E-state index in [0.717, 1.165) is 24.2 Å². The Morgan fingerprint density at radius 1 is 1.36 bits per heavy atom. The van der Waals surface area contributed by atoms with Gasteiger partial charge in [-0.1, -0.05) is 11.6 Å². The lowest BCUT2D eigenvalue weighted by molar-refractivity contribution is -0.131. The van der Waals surface area contributed by atoms with Crippen LogP contribution in [0.15, 0.2) is 18.2 Å². The third-order valence-corrected chi connectivity index (χ3v) is 4.39. The van der Waals surface area contributed by atoms with Gasteiger partial charge in [0.1, 0.15) is 18.4 Å². The van der Waals surface area contributed by atoms with Crippen molar-refractivity contribution in [1.82, 2.24) is 10.6 Å². The molecule has 2 heterocycles. The van der Waals surface area contributed by atoms with Crippen molar-refractivity contribution < 1.29 is 14.3 Å². The summed E-state index contributed by atoms with van der Waals surface area (Å²) in [7, 11) is 0. The summed E-state index contributed by atoms with van der Waals surface area (Å²) in [5.41, 5.74) is 0.934. The Morgan fingerprint density at radius 2 is 2.23 bits per heavy atom. The topological polar surface area (TPSA) is 67.4 Å². The van der Waals surface area contributed by atoms with Gasteiger partial charge in [-0.2, -0.15) is 0 Å². The largest absolute Gasteiger partial charge is 0.492 e. The van der Waals surface area contributed by atoms with Gasteiger partial charge in [-0.3, -0.25) is 9.59 Å². The standard InChI is InChI=1S/C16H19ClN2O3/c17-12-4-5-14-10(8-12)7-11(9-22-14)15(20)19-13-3-1-2-6-18-16(13)21/h4-5,8,11,13H,1-3,6-7,9H2,(H,18,21)(H,19,20)/t11-,13-/m0/s1. The van der Waals surface area contributed by atoms with Gasteiger partial charge in [0.05, 0.1) is 5.92 Å². The van der Waals surface area contributed by atoms with Crippen LogP contribution in [0.5, 0.6) is 5.75 Å². The first-order valence-electron chi connectivity index (χ1n) is 7.63. The van der Waals surface area contributed by atoms with Crippen LogP contribution in [-0.2, 0) is 16.0 Å². The highest BCUT2D eigenvalue weighted by atomic mass is 35.5. The number of rotatable bonds is 2. The minimum absolute atomic E-state index is 0.0916. The van der Waals surface area contributed by atoms with Gasteiger partial charge in [-0.15, -0.1) is 0 Å². The lowest BCUT2D eigenvalue weighted by Gasteiger charge is -2.26. The number of nitrogens with one attached hydrogen (secondary N) is 2. The van der Waals surface area contributed by atoms with Crippen molar-refractivity contribution in [3.8, 4) is 5.75 Å². The van der Waals surface area contributed by atoms with Crippen LogP contribution in [0.1, 0.15) is 24.8 Å². The molecular formula is C16H19ClN2O3. The molecule has 2 aliphatic heterocycles. The molecule has 0 saturated carbocycles. The summed E-state index contributed by atoms with van der Waals surface area (Å²) in [6.07, 6.45) is 3.16. The van der Waals surface area contributed by atoms with Crippen molar-refractivity contribution in [1.29, 1.82) is 0 Å². The zero-order valence-electron chi connectivity index (χ0n) is 12.2. The number of ether oxygens (including phenoxy) is 1. The van der Waals surface area contributed by atoms with Crippen LogP contribution in [0.2, 0.25) is 5.02 Å². The Balaban J connectivity index is 1.64. The van der Waals surface area contributed by atoms with Gasteiger partial charge in [0.15, 0.2) is 0 Å². The molecular weight excluding hydrogens is 304 g/mol. The minimum atomic E-state index is -0.434. The van der Waals surface area contributed by atoms with Crippen molar-refractivity contribution in [3.63, 3.8) is 0 Å². The molecule has 5 nitrogen and oxygen atoms in total. The normalized spacial score (nSPS) is 24.5. The zero-order valence-corrected chi connectivity index (χ0v) is 13.0. The fourth-order valence-electron chi connectivity index (χ4n) is 2.90. The van der Waals surface area contributed by atoms with E-state index in [1.807, 2.05) is 12.1 Å². The Kier molecular flexibility index (Phi) is 4.52. The second-order valence-electron chi connectivity index (χ2n) is 5.81. The van der Waals surface area contributed by atoms with Crippen LogP contribution >= 0.6 is 11.6 Å². The predicted molar refractivity (Wildman–Crippen MR) is 82.9 cm³/mol. The Morgan fingerprint density at radius 3 is 3.09 bits per heavy atom. The van der Waals surface area contributed by atoms with E-state index in [9.17, 15) is 9.59 Å². The summed E-state index contributed by atoms with van der Waals surface area (Å²) in [6, 6.07) is 4.99. The van der Waals surface area contributed by atoms with Gasteiger partial charge in [0.25, 0.3) is 0 Å². The highest BCUT2D eigenvalue weighted by molar-refractivity contribution is 6.30. The molecule has 0 bridgehead atoms. The van der Waals surface area contributed by atoms with E-state index < -0.39 is 6.04 Å². The molecule has 1 aromatic rings. The van der Waals surface area contributed by atoms with E-state index in [1.165, 1.54) is 0 Å². The van der Waals surface area contributed by atoms with Crippen LogP contribution in [-0.4, -0.2) is 31.0 Å². The van der Waals surface area contributed by atoms with Gasteiger partial charge < -0.3 is 15.4 Å². The van der Waals surface area contributed by atoms with E-state index in [4.69, 9.17) is 16.3 Å². The zero-order chi connectivity index (χ0) is 15.5. The van der Waals surface area contributed by atoms with Crippen LogP contribution in [0.4, 0.5) is 0 Å². The molecule has 0 radical (unpaired) electrons. The van der Waals surface area contributed by atoms with E-state index in [1.54, 1.807) is 6.07 Å². The van der Waals surface area contributed by atoms with Gasteiger partial charge in [0, 0.05) is 11.6 Å². The number of fused-ring (bicyclic) bond motifs is 1. The van der Waals surface area contributed by atoms with Crippen LogP contribution in [0, 0.1) is 5.92 Å². The average molecular weight is 323 g/mol. The maximum Gasteiger partial charge on any atom is 0.242 e. The summed E-state index contributed by atoms with van der Waals surface area (Å²) in [5, 5.41) is 6.31. The summed E-state index contributed by atoms with van der Waals surface area (Å²) in [6.45, 7) is 1.01. The molecule has 1 saturated heterocycles. The molecule has 0 spiro atoms. The lowest BCUT2D eigenvalue weighted by Crippen LogP contribution is -2.49. The first-order valence-corrected chi connectivity index (χ1v) is 8.00. The molecule has 0 aliphatic carbocycles. The Bertz CT molecular complexity index is 591. The molecule has 0 aromatic heterocycles. The van der Waals surface area contributed by atoms with E-state index in [2.05, 4.69) is 10.6 Å². The molecule has 2 atom stereocenters. The molecule has 3 rings (SSSR count). The predicted octanol–water partition coefficient (Wildman–Crippen LogP) is 1.68. The molecule has 22 heavy (non-hydrogen) atoms. The molecule has 2 N–H and O–H groups in total. The van der Waals surface area contributed by atoms with Crippen molar-refractivity contribution in [2.75, 3.05) is 13.2 Å². The number of hydrogen-bond donors (Lipinski definition) is 2. The highest BCUT2D eigenvalue weighted by Gasteiger charge is 2.30. The lowest BCUT2D eigenvalue weighted by atomic mass is 9.95. The number of amides is 2. The number of carbonyl (C=O) groups excluding carboxylic acids is 2. The van der Waals surface area contributed by atoms with Gasteiger partial charge in [-0.25, -0.2) is 0 Å². The van der Waals surface area contributed by atoms with Gasteiger partial charge >= 0.3 is 0 Å². The second-order valence-corrected chi connectivity index (χ2v) is 6.25. The molecule has 6 heteroatoms. The van der Waals surface area contributed by atoms with E-state index in [0.29, 0.717) is 31.0 Å². The van der Waals surface area contributed by atoms with Crippen LogP contribution in [0.3, 0.4) is 0 Å². The quantitative estimate of drug-likeness (QED) is 0.870. The smallest absolute Gasteiger partial charge is 0.242 e. The van der Waals surface area contributed by atoms with Gasteiger partial charge in [0.2, 0.25) is 11.8 Å². The van der Waals surface area contributed by atoms with Crippen LogP contribution < -0.4 is 15.4 Å². The summed E-state index contributed by atoms with van der Waals surface area (Å²) >= 11 is 5.99. The molecule has 2 amide bonds. The maximum absolute atomic E-state index is 12.4. The number of hydrogen-bond acceptors (Lipinski definition) is 3. The number of carbonyl (C=O) groups is 2. The van der Waals surface area contributed by atoms with E-state index in [-0.39, 0.29) is 17.7 Å². The van der Waals surface area contributed by atoms with E-state index >= 15 is 0 Å². The number of halogens is 1. The first kappa shape index (κ1) is 15.2. The van der Waals surface area contributed by atoms with Gasteiger partial charge in [-0.05, 0) is 49.4 Å². The SMILES string of the molecule is O=C(N[C@H]1CCCCNC1=O)[C@@H]1COc2ccc(Cl)cc2C1. The third kappa shape index (κ3) is 3.35. The van der Waals surface area contributed by atoms with Crippen molar-refractivity contribution in [3.05, 3.63) is 28.8 Å². The molecule has 1 fully saturated rings. The fraction of sp³-hybridized carbons (Fsp3) is 0.500. The van der Waals surface area contributed by atoms with Crippen molar-refractivity contribution in [2.24, 2.45) is 5.92 Å². The molecule has 118 valence electrons. The number of benzene rings is 1. The summed E-state index contributed by atoms with van der Waals surface area (Å²) < 4.78 is 5.63. The van der Waals surface area contributed by atoms with Crippen molar-refractivity contribution >= 4 is 23.4 Å².